The Bertz CT molecular complexity index is 1170. The zero-order chi connectivity index (χ0) is 22.3. The highest BCUT2D eigenvalue weighted by Gasteiger charge is 2.12. The second kappa shape index (κ2) is 10.5. The maximum atomic E-state index is 12.3. The molecule has 8 nitrogen and oxygen atoms in total. The van der Waals surface area contributed by atoms with Crippen molar-refractivity contribution in [2.75, 3.05) is 50.4 Å². The first-order chi connectivity index (χ1) is 15.6. The first-order valence-electron chi connectivity index (χ1n) is 10.4. The second-order valence-electron chi connectivity index (χ2n) is 7.60. The van der Waals surface area contributed by atoms with Crippen LogP contribution < -0.4 is 10.6 Å². The minimum absolute atomic E-state index is 0.381. The molecule has 1 aliphatic rings. The lowest BCUT2D eigenvalue weighted by atomic mass is 10.2. The summed E-state index contributed by atoms with van der Waals surface area (Å²) in [5.41, 5.74) is 1.56. The number of likely N-dealkylation sites (N-methyl/N-ethyl adjacent to an activating group) is 1. The smallest absolute Gasteiger partial charge is 0.301 e. The van der Waals surface area contributed by atoms with Crippen molar-refractivity contribution in [1.82, 2.24) is 24.8 Å². The Morgan fingerprint density at radius 1 is 1.16 bits per heavy atom. The number of rotatable bonds is 5. The van der Waals surface area contributed by atoms with E-state index in [-0.39, 0.29) is 5.91 Å². The van der Waals surface area contributed by atoms with Crippen LogP contribution in [0.3, 0.4) is 0 Å². The summed E-state index contributed by atoms with van der Waals surface area (Å²) in [7, 11) is 2.13. The van der Waals surface area contributed by atoms with E-state index in [9.17, 15) is 4.79 Å². The molecule has 1 aliphatic heterocycles. The van der Waals surface area contributed by atoms with Gasteiger partial charge < -0.3 is 10.2 Å². The highest BCUT2D eigenvalue weighted by Crippen LogP contribution is 2.25. The summed E-state index contributed by atoms with van der Waals surface area (Å²) in [5.74, 6) is 6.28. The lowest BCUT2D eigenvalue weighted by Gasteiger charge is -2.31. The maximum Gasteiger partial charge on any atom is 0.301 e. The van der Waals surface area contributed by atoms with Gasteiger partial charge in [-0.2, -0.15) is 0 Å². The fraction of sp³-hybridized carbons (Fsp3) is 0.304. The quantitative estimate of drug-likeness (QED) is 0.528. The lowest BCUT2D eigenvalue weighted by molar-refractivity contribution is -0.111. The minimum Gasteiger partial charge on any atom is -0.340 e. The molecule has 1 aromatic carbocycles. The predicted octanol–water partition coefficient (Wildman–Crippen LogP) is 3.11. The Morgan fingerprint density at radius 3 is 2.81 bits per heavy atom. The summed E-state index contributed by atoms with van der Waals surface area (Å²) in [6, 6.07) is 9.54. The van der Waals surface area contributed by atoms with Gasteiger partial charge in [-0.1, -0.05) is 27.9 Å². The van der Waals surface area contributed by atoms with E-state index in [2.05, 4.69) is 70.2 Å². The third-order valence-electron chi connectivity index (χ3n) is 5.20. The molecule has 2 N–H and O–H groups in total. The molecule has 3 aromatic rings. The Labute approximate surface area is 195 Å². The van der Waals surface area contributed by atoms with E-state index >= 15 is 0 Å². The molecule has 0 aliphatic carbocycles. The van der Waals surface area contributed by atoms with E-state index in [1.54, 1.807) is 12.3 Å². The number of piperazine rings is 1. The number of carbonyl (C=O) groups excluding carboxylic acids is 1. The van der Waals surface area contributed by atoms with Gasteiger partial charge in [-0.3, -0.25) is 15.0 Å². The van der Waals surface area contributed by atoms with Crippen LogP contribution in [-0.4, -0.2) is 70.4 Å². The van der Waals surface area contributed by atoms with E-state index in [0.29, 0.717) is 23.6 Å². The van der Waals surface area contributed by atoms with Crippen molar-refractivity contribution >= 4 is 50.1 Å². The highest BCUT2D eigenvalue weighted by atomic mass is 79.9. The van der Waals surface area contributed by atoms with E-state index in [4.69, 9.17) is 0 Å². The number of aromatic nitrogens is 3. The van der Waals surface area contributed by atoms with Gasteiger partial charge in [0.1, 0.15) is 18.0 Å². The summed E-state index contributed by atoms with van der Waals surface area (Å²) in [5, 5.41) is 6.78. The SMILES string of the molecule is CN1CCN(CCC#CC(=O)Nc2cc3c(Nc4cccc(Br)c4)ncnc3cn2)CC1. The van der Waals surface area contributed by atoms with E-state index < -0.39 is 0 Å². The van der Waals surface area contributed by atoms with Crippen molar-refractivity contribution in [2.45, 2.75) is 6.42 Å². The number of benzene rings is 1. The third-order valence-corrected chi connectivity index (χ3v) is 5.69. The average Bonchev–Trinajstić information content (AvgIpc) is 2.78. The van der Waals surface area contributed by atoms with Gasteiger partial charge in [0.05, 0.1) is 11.7 Å². The largest absolute Gasteiger partial charge is 0.340 e. The molecule has 4 rings (SSSR count). The summed E-state index contributed by atoms with van der Waals surface area (Å²) < 4.78 is 0.960. The molecule has 0 atom stereocenters. The number of amides is 1. The number of pyridine rings is 1. The van der Waals surface area contributed by atoms with Crippen molar-refractivity contribution in [2.24, 2.45) is 0 Å². The third kappa shape index (κ3) is 6.01. The van der Waals surface area contributed by atoms with Crippen molar-refractivity contribution in [1.29, 1.82) is 0 Å². The molecule has 1 saturated heterocycles. The zero-order valence-electron chi connectivity index (χ0n) is 17.8. The van der Waals surface area contributed by atoms with Gasteiger partial charge in [0.15, 0.2) is 0 Å². The molecule has 9 heteroatoms. The molecule has 0 bridgehead atoms. The van der Waals surface area contributed by atoms with Crippen molar-refractivity contribution in [3.8, 4) is 11.8 Å². The Kier molecular flexibility index (Phi) is 7.27. The summed E-state index contributed by atoms with van der Waals surface area (Å²) in [6.07, 6.45) is 3.75. The van der Waals surface area contributed by atoms with Crippen LogP contribution in [0.5, 0.6) is 0 Å². The number of halogens is 1. The number of fused-ring (bicyclic) bond motifs is 1. The first-order valence-corrected chi connectivity index (χ1v) is 11.2. The average molecular weight is 494 g/mol. The molecule has 0 saturated carbocycles. The van der Waals surface area contributed by atoms with Crippen LogP contribution in [0, 0.1) is 11.8 Å². The van der Waals surface area contributed by atoms with Gasteiger partial charge in [0.25, 0.3) is 0 Å². The highest BCUT2D eigenvalue weighted by molar-refractivity contribution is 9.10. The zero-order valence-corrected chi connectivity index (χ0v) is 19.4. The molecule has 1 fully saturated rings. The first kappa shape index (κ1) is 22.1. The Hall–Kier alpha value is -3.06. The molecule has 32 heavy (non-hydrogen) atoms. The van der Waals surface area contributed by atoms with Crippen LogP contribution >= 0.6 is 15.9 Å². The van der Waals surface area contributed by atoms with Gasteiger partial charge in [0.2, 0.25) is 0 Å². The molecule has 3 heterocycles. The van der Waals surface area contributed by atoms with Crippen molar-refractivity contribution < 1.29 is 4.79 Å². The summed E-state index contributed by atoms with van der Waals surface area (Å²) >= 11 is 3.47. The molecule has 0 unspecified atom stereocenters. The molecular weight excluding hydrogens is 470 g/mol. The number of hydrogen-bond acceptors (Lipinski definition) is 7. The lowest BCUT2D eigenvalue weighted by Crippen LogP contribution is -2.44. The van der Waals surface area contributed by atoms with Crippen LogP contribution in [0.15, 0.2) is 47.3 Å². The fourth-order valence-corrected chi connectivity index (χ4v) is 3.81. The molecule has 164 valence electrons. The summed E-state index contributed by atoms with van der Waals surface area (Å²) in [6.45, 7) is 5.12. The summed E-state index contributed by atoms with van der Waals surface area (Å²) in [4.78, 5) is 29.8. The predicted molar refractivity (Wildman–Crippen MR) is 130 cm³/mol. The number of nitrogens with one attached hydrogen (secondary N) is 2. The van der Waals surface area contributed by atoms with Crippen molar-refractivity contribution in [3.05, 3.63) is 47.3 Å². The number of hydrogen-bond donors (Lipinski definition) is 2. The van der Waals surface area contributed by atoms with E-state index in [0.717, 1.165) is 48.3 Å². The van der Waals surface area contributed by atoms with Gasteiger partial charge in [-0.25, -0.2) is 15.0 Å². The van der Waals surface area contributed by atoms with E-state index in [1.165, 1.54) is 6.33 Å². The fourth-order valence-electron chi connectivity index (χ4n) is 3.41. The molecule has 1 amide bonds. The number of nitrogens with zero attached hydrogens (tertiary/aromatic N) is 5. The van der Waals surface area contributed by atoms with Crippen LogP contribution in [-0.2, 0) is 4.79 Å². The topological polar surface area (TPSA) is 86.3 Å². The van der Waals surface area contributed by atoms with Gasteiger partial charge in [-0.15, -0.1) is 0 Å². The normalized spacial score (nSPS) is 14.6. The second-order valence-corrected chi connectivity index (χ2v) is 8.51. The molecule has 0 spiro atoms. The molecular formula is C23H24BrN7O. The van der Waals surface area contributed by atoms with Crippen molar-refractivity contribution in [3.63, 3.8) is 0 Å². The van der Waals surface area contributed by atoms with Gasteiger partial charge in [0, 0.05) is 54.7 Å². The van der Waals surface area contributed by atoms with Crippen LogP contribution in [0.2, 0.25) is 0 Å². The monoisotopic (exact) mass is 493 g/mol. The number of anilines is 3. The Morgan fingerprint density at radius 2 is 2.00 bits per heavy atom. The van der Waals surface area contributed by atoms with Gasteiger partial charge >= 0.3 is 5.91 Å². The van der Waals surface area contributed by atoms with Crippen LogP contribution in [0.4, 0.5) is 17.3 Å². The standard InChI is InChI=1S/C23H24BrN7O/c1-30-9-11-31(12-10-30)8-3-2-7-22(32)29-21-14-19-20(15-25-21)26-16-27-23(19)28-18-6-4-5-17(24)13-18/h4-6,13-16H,3,8-12H2,1H3,(H,25,29,32)(H,26,27,28). The van der Waals surface area contributed by atoms with Crippen LogP contribution in [0.1, 0.15) is 6.42 Å². The van der Waals surface area contributed by atoms with E-state index in [1.807, 2.05) is 24.3 Å². The molecule has 0 radical (unpaired) electrons. The maximum absolute atomic E-state index is 12.3. The number of carbonyl (C=O) groups is 1. The molecule has 2 aromatic heterocycles. The Balaban J connectivity index is 1.39. The van der Waals surface area contributed by atoms with Gasteiger partial charge in [-0.05, 0) is 37.2 Å². The minimum atomic E-state index is -0.381. The van der Waals surface area contributed by atoms with Crippen LogP contribution in [0.25, 0.3) is 10.9 Å².